The van der Waals surface area contributed by atoms with Crippen LogP contribution in [0.4, 0.5) is 0 Å². The molecule has 0 fully saturated rings. The predicted octanol–water partition coefficient (Wildman–Crippen LogP) is 1.49. The van der Waals surface area contributed by atoms with Gasteiger partial charge in [-0.3, -0.25) is 0 Å². The Bertz CT molecular complexity index is 304. The minimum atomic E-state index is -0.308. The zero-order valence-corrected chi connectivity index (χ0v) is 8.73. The Labute approximate surface area is 88.9 Å². The van der Waals surface area contributed by atoms with Crippen LogP contribution < -0.4 is 5.32 Å². The van der Waals surface area contributed by atoms with E-state index < -0.39 is 0 Å². The van der Waals surface area contributed by atoms with Crippen molar-refractivity contribution in [2.45, 2.75) is 13.5 Å². The summed E-state index contributed by atoms with van der Waals surface area (Å²) >= 11 is 0. The van der Waals surface area contributed by atoms with Gasteiger partial charge in [0.05, 0.1) is 19.4 Å². The van der Waals surface area contributed by atoms with Crippen molar-refractivity contribution in [2.75, 3.05) is 13.2 Å². The first-order chi connectivity index (χ1) is 7.33. The first-order valence-electron chi connectivity index (χ1n) is 4.89. The standard InChI is InChI=1S/C11H15NO3/c1-2-14-11(13)6-3-7-12-9-10-5-4-8-15-10/h3-6,8,12H,2,7,9H2,1H3/b6-3+. The van der Waals surface area contributed by atoms with Crippen molar-refractivity contribution in [1.29, 1.82) is 0 Å². The highest BCUT2D eigenvalue weighted by atomic mass is 16.5. The van der Waals surface area contributed by atoms with Crippen LogP contribution >= 0.6 is 0 Å². The van der Waals surface area contributed by atoms with Gasteiger partial charge in [-0.25, -0.2) is 4.79 Å². The molecular weight excluding hydrogens is 194 g/mol. The molecule has 0 saturated heterocycles. The van der Waals surface area contributed by atoms with Gasteiger partial charge in [-0.15, -0.1) is 0 Å². The molecule has 15 heavy (non-hydrogen) atoms. The van der Waals surface area contributed by atoms with Crippen molar-refractivity contribution in [3.63, 3.8) is 0 Å². The zero-order chi connectivity index (χ0) is 10.9. The second-order valence-corrected chi connectivity index (χ2v) is 2.86. The monoisotopic (exact) mass is 209 g/mol. The number of carbonyl (C=O) groups is 1. The molecule has 0 aromatic carbocycles. The molecule has 0 aliphatic rings. The fourth-order valence-corrected chi connectivity index (χ4v) is 1.04. The number of hydrogen-bond donors (Lipinski definition) is 1. The average Bonchev–Trinajstić information content (AvgIpc) is 2.70. The summed E-state index contributed by atoms with van der Waals surface area (Å²) in [4.78, 5) is 10.9. The highest BCUT2D eigenvalue weighted by Crippen LogP contribution is 1.97. The first kappa shape index (κ1) is 11.5. The lowest BCUT2D eigenvalue weighted by Gasteiger charge is -1.97. The van der Waals surface area contributed by atoms with Crippen LogP contribution in [0.1, 0.15) is 12.7 Å². The Morgan fingerprint density at radius 1 is 1.67 bits per heavy atom. The molecule has 0 radical (unpaired) electrons. The summed E-state index contributed by atoms with van der Waals surface area (Å²) in [5.41, 5.74) is 0. The van der Waals surface area contributed by atoms with E-state index in [0.29, 0.717) is 19.7 Å². The molecule has 1 aromatic rings. The Hall–Kier alpha value is -1.55. The minimum absolute atomic E-state index is 0.308. The zero-order valence-electron chi connectivity index (χ0n) is 8.73. The lowest BCUT2D eigenvalue weighted by atomic mass is 10.4. The summed E-state index contributed by atoms with van der Waals surface area (Å²) in [6.07, 6.45) is 4.77. The first-order valence-corrected chi connectivity index (χ1v) is 4.89. The summed E-state index contributed by atoms with van der Waals surface area (Å²) in [7, 11) is 0. The maximum absolute atomic E-state index is 10.9. The van der Waals surface area contributed by atoms with Gasteiger partial charge in [0.25, 0.3) is 0 Å². The molecule has 0 aliphatic carbocycles. The van der Waals surface area contributed by atoms with E-state index in [9.17, 15) is 4.79 Å². The van der Waals surface area contributed by atoms with E-state index >= 15 is 0 Å². The Kier molecular flexibility index (Phi) is 5.25. The Morgan fingerprint density at radius 3 is 3.20 bits per heavy atom. The fraction of sp³-hybridized carbons (Fsp3) is 0.364. The number of hydrogen-bond acceptors (Lipinski definition) is 4. The predicted molar refractivity (Wildman–Crippen MR) is 56.2 cm³/mol. The highest BCUT2D eigenvalue weighted by molar-refractivity contribution is 5.81. The van der Waals surface area contributed by atoms with Crippen LogP contribution in [0.3, 0.4) is 0 Å². The molecule has 1 N–H and O–H groups in total. The van der Waals surface area contributed by atoms with Crippen LogP contribution in [-0.2, 0) is 16.1 Å². The van der Waals surface area contributed by atoms with Gasteiger partial charge in [0.2, 0.25) is 0 Å². The number of rotatable bonds is 6. The van der Waals surface area contributed by atoms with E-state index in [1.54, 1.807) is 19.3 Å². The topological polar surface area (TPSA) is 51.5 Å². The molecule has 0 aliphatic heterocycles. The van der Waals surface area contributed by atoms with Crippen molar-refractivity contribution in [2.24, 2.45) is 0 Å². The molecule has 4 heteroatoms. The molecular formula is C11H15NO3. The van der Waals surface area contributed by atoms with Gasteiger partial charge in [-0.2, -0.15) is 0 Å². The molecule has 1 aromatic heterocycles. The molecule has 1 rings (SSSR count). The second-order valence-electron chi connectivity index (χ2n) is 2.86. The molecule has 1 heterocycles. The maximum Gasteiger partial charge on any atom is 0.330 e. The normalized spacial score (nSPS) is 10.7. The van der Waals surface area contributed by atoms with E-state index in [0.717, 1.165) is 5.76 Å². The average molecular weight is 209 g/mol. The van der Waals surface area contributed by atoms with Crippen LogP contribution in [-0.4, -0.2) is 19.1 Å². The fourth-order valence-electron chi connectivity index (χ4n) is 1.04. The molecule has 0 bridgehead atoms. The van der Waals surface area contributed by atoms with E-state index in [4.69, 9.17) is 9.15 Å². The van der Waals surface area contributed by atoms with Gasteiger partial charge in [0, 0.05) is 12.6 Å². The summed E-state index contributed by atoms with van der Waals surface area (Å²) in [5, 5.41) is 3.10. The van der Waals surface area contributed by atoms with Gasteiger partial charge in [-0.1, -0.05) is 6.08 Å². The van der Waals surface area contributed by atoms with E-state index in [2.05, 4.69) is 5.32 Å². The van der Waals surface area contributed by atoms with Crippen molar-refractivity contribution < 1.29 is 13.9 Å². The van der Waals surface area contributed by atoms with Gasteiger partial charge in [0.15, 0.2) is 0 Å². The third-order valence-corrected chi connectivity index (χ3v) is 1.68. The van der Waals surface area contributed by atoms with Crippen molar-refractivity contribution in [3.8, 4) is 0 Å². The summed E-state index contributed by atoms with van der Waals surface area (Å²) in [6.45, 7) is 3.45. The van der Waals surface area contributed by atoms with E-state index in [1.165, 1.54) is 6.08 Å². The number of esters is 1. The van der Waals surface area contributed by atoms with Crippen LogP contribution in [0.2, 0.25) is 0 Å². The molecule has 82 valence electrons. The molecule has 0 saturated carbocycles. The van der Waals surface area contributed by atoms with Crippen molar-refractivity contribution in [3.05, 3.63) is 36.3 Å². The molecule has 0 atom stereocenters. The van der Waals surface area contributed by atoms with Crippen LogP contribution in [0.25, 0.3) is 0 Å². The Morgan fingerprint density at radius 2 is 2.53 bits per heavy atom. The van der Waals surface area contributed by atoms with Crippen molar-refractivity contribution in [1.82, 2.24) is 5.32 Å². The third-order valence-electron chi connectivity index (χ3n) is 1.68. The maximum atomic E-state index is 10.9. The van der Waals surface area contributed by atoms with Crippen LogP contribution in [0.5, 0.6) is 0 Å². The van der Waals surface area contributed by atoms with Gasteiger partial charge in [-0.05, 0) is 19.1 Å². The van der Waals surface area contributed by atoms with Crippen molar-refractivity contribution >= 4 is 5.97 Å². The second kappa shape index (κ2) is 6.84. The van der Waals surface area contributed by atoms with E-state index in [1.807, 2.05) is 12.1 Å². The SMILES string of the molecule is CCOC(=O)/C=C/CNCc1ccco1. The molecule has 0 amide bonds. The molecule has 0 unspecified atom stereocenters. The van der Waals surface area contributed by atoms with Gasteiger partial charge < -0.3 is 14.5 Å². The molecule has 4 nitrogen and oxygen atoms in total. The van der Waals surface area contributed by atoms with E-state index in [-0.39, 0.29) is 5.97 Å². The number of furan rings is 1. The summed E-state index contributed by atoms with van der Waals surface area (Å²) in [6, 6.07) is 3.73. The lowest BCUT2D eigenvalue weighted by Crippen LogP contribution is -2.12. The third kappa shape index (κ3) is 5.02. The summed E-state index contributed by atoms with van der Waals surface area (Å²) < 4.78 is 9.84. The van der Waals surface area contributed by atoms with Gasteiger partial charge in [0.1, 0.15) is 5.76 Å². The van der Waals surface area contributed by atoms with Crippen LogP contribution in [0.15, 0.2) is 35.0 Å². The summed E-state index contributed by atoms with van der Waals surface area (Å²) in [5.74, 6) is 0.567. The van der Waals surface area contributed by atoms with Crippen LogP contribution in [0, 0.1) is 0 Å². The molecule has 0 spiro atoms. The number of nitrogens with one attached hydrogen (secondary N) is 1. The van der Waals surface area contributed by atoms with Gasteiger partial charge >= 0.3 is 5.97 Å². The number of carbonyl (C=O) groups excluding carboxylic acids is 1. The minimum Gasteiger partial charge on any atom is -0.468 e. The number of ether oxygens (including phenoxy) is 1. The largest absolute Gasteiger partial charge is 0.468 e. The Balaban J connectivity index is 2.08. The quantitative estimate of drug-likeness (QED) is 0.438. The smallest absolute Gasteiger partial charge is 0.330 e. The highest BCUT2D eigenvalue weighted by Gasteiger charge is 1.94. The lowest BCUT2D eigenvalue weighted by molar-refractivity contribution is -0.137.